The van der Waals surface area contributed by atoms with Crippen LogP contribution in [0.15, 0.2) is 52.1 Å². The molecular formula is C14H10N2O4S. The van der Waals surface area contributed by atoms with E-state index in [1.807, 2.05) is 24.3 Å². The summed E-state index contributed by atoms with van der Waals surface area (Å²) in [5.41, 5.74) is 1.85. The zero-order valence-electron chi connectivity index (χ0n) is 10.7. The zero-order chi connectivity index (χ0) is 14.8. The number of nitro groups is 1. The lowest BCUT2D eigenvalue weighted by atomic mass is 10.2. The van der Waals surface area contributed by atoms with Crippen molar-refractivity contribution in [3.8, 4) is 5.75 Å². The Kier molecular flexibility index (Phi) is 3.49. The summed E-state index contributed by atoms with van der Waals surface area (Å²) in [4.78, 5) is 14.5. The minimum absolute atomic E-state index is 0.0178. The lowest BCUT2D eigenvalue weighted by molar-refractivity contribution is -0.384. The molecule has 7 heteroatoms. The third-order valence-electron chi connectivity index (χ3n) is 2.90. The Labute approximate surface area is 123 Å². The summed E-state index contributed by atoms with van der Waals surface area (Å²) in [5.74, 6) is 0.351. The molecule has 3 aromatic rings. The van der Waals surface area contributed by atoms with Gasteiger partial charge < -0.3 is 9.52 Å². The molecule has 2 aromatic carbocycles. The number of nitro benzene ring substituents is 1. The number of hydrogen-bond donors (Lipinski definition) is 1. The molecule has 0 aliphatic heterocycles. The number of nitrogens with zero attached hydrogens (tertiary/aromatic N) is 2. The Hall–Kier alpha value is -2.54. The van der Waals surface area contributed by atoms with Crippen molar-refractivity contribution >= 4 is 28.5 Å². The third kappa shape index (κ3) is 2.82. The van der Waals surface area contributed by atoms with Crippen LogP contribution in [-0.4, -0.2) is 15.0 Å². The zero-order valence-corrected chi connectivity index (χ0v) is 11.5. The van der Waals surface area contributed by atoms with E-state index >= 15 is 0 Å². The molecule has 0 unspecified atom stereocenters. The van der Waals surface area contributed by atoms with Gasteiger partial charge in [0.05, 0.1) is 4.92 Å². The van der Waals surface area contributed by atoms with Crippen molar-refractivity contribution in [2.24, 2.45) is 0 Å². The first-order chi connectivity index (χ1) is 10.1. The van der Waals surface area contributed by atoms with Gasteiger partial charge in [-0.05, 0) is 18.2 Å². The Morgan fingerprint density at radius 3 is 2.86 bits per heavy atom. The van der Waals surface area contributed by atoms with Gasteiger partial charge in [-0.2, -0.15) is 0 Å². The number of non-ortho nitro benzene ring substituents is 1. The summed E-state index contributed by atoms with van der Waals surface area (Å²) in [7, 11) is 0. The molecular weight excluding hydrogens is 292 g/mol. The average molecular weight is 302 g/mol. The van der Waals surface area contributed by atoms with Gasteiger partial charge in [0.15, 0.2) is 5.58 Å². The smallest absolute Gasteiger partial charge is 0.270 e. The molecule has 0 spiro atoms. The number of rotatable bonds is 4. The van der Waals surface area contributed by atoms with Gasteiger partial charge in [0, 0.05) is 23.4 Å². The molecule has 0 aliphatic rings. The maximum Gasteiger partial charge on any atom is 0.270 e. The van der Waals surface area contributed by atoms with E-state index in [0.29, 0.717) is 22.1 Å². The van der Waals surface area contributed by atoms with Crippen LogP contribution in [0.4, 0.5) is 5.69 Å². The molecule has 1 heterocycles. The maximum absolute atomic E-state index is 10.7. The minimum atomic E-state index is -0.493. The van der Waals surface area contributed by atoms with Crippen LogP contribution in [0, 0.1) is 10.1 Å². The quantitative estimate of drug-likeness (QED) is 0.448. The molecule has 0 saturated carbocycles. The first-order valence-corrected chi connectivity index (χ1v) is 7.07. The molecule has 0 bridgehead atoms. The number of hydrogen-bond acceptors (Lipinski definition) is 6. The normalized spacial score (nSPS) is 10.9. The summed E-state index contributed by atoms with van der Waals surface area (Å²) in [5, 5.41) is 21.0. The number of para-hydroxylation sites is 2. The topological polar surface area (TPSA) is 89.4 Å². The number of fused-ring (bicyclic) bond motifs is 1. The number of benzene rings is 2. The van der Waals surface area contributed by atoms with Gasteiger partial charge >= 0.3 is 0 Å². The predicted molar refractivity (Wildman–Crippen MR) is 78.3 cm³/mol. The first kappa shape index (κ1) is 13.4. The summed E-state index contributed by atoms with van der Waals surface area (Å²) in [6.45, 7) is 0. The number of thioether (sulfide) groups is 1. The molecule has 6 nitrogen and oxygen atoms in total. The number of phenolic OH excluding ortho intramolecular Hbond substituents is 1. The van der Waals surface area contributed by atoms with Gasteiger partial charge in [0.2, 0.25) is 0 Å². The summed E-state index contributed by atoms with van der Waals surface area (Å²) < 4.78 is 5.54. The van der Waals surface area contributed by atoms with Crippen molar-refractivity contribution in [1.82, 2.24) is 4.98 Å². The second kappa shape index (κ2) is 5.45. The van der Waals surface area contributed by atoms with Gasteiger partial charge in [-0.15, -0.1) is 0 Å². The van der Waals surface area contributed by atoms with Gasteiger partial charge in [-0.25, -0.2) is 4.98 Å². The highest BCUT2D eigenvalue weighted by Crippen LogP contribution is 2.31. The highest BCUT2D eigenvalue weighted by molar-refractivity contribution is 7.98. The second-order valence-corrected chi connectivity index (χ2v) is 5.23. The van der Waals surface area contributed by atoms with Crippen LogP contribution in [0.1, 0.15) is 5.56 Å². The van der Waals surface area contributed by atoms with E-state index in [-0.39, 0.29) is 11.4 Å². The average Bonchev–Trinajstić information content (AvgIpc) is 2.89. The van der Waals surface area contributed by atoms with Crippen molar-refractivity contribution < 1.29 is 14.4 Å². The van der Waals surface area contributed by atoms with E-state index in [0.717, 1.165) is 5.52 Å². The van der Waals surface area contributed by atoms with Gasteiger partial charge in [-0.3, -0.25) is 10.1 Å². The summed E-state index contributed by atoms with van der Waals surface area (Å²) in [6.07, 6.45) is 0. The standard InChI is InChI=1S/C14H10N2O4S/c17-12-6-5-10(16(18)19)7-9(12)8-21-14-15-11-3-1-2-4-13(11)20-14/h1-7,17H,8H2. The van der Waals surface area contributed by atoms with Gasteiger partial charge in [-0.1, -0.05) is 23.9 Å². The Morgan fingerprint density at radius 1 is 1.29 bits per heavy atom. The Bertz CT molecular complexity index is 783. The van der Waals surface area contributed by atoms with Gasteiger partial charge in [0.1, 0.15) is 11.3 Å². The molecule has 0 saturated heterocycles. The fourth-order valence-electron chi connectivity index (χ4n) is 1.85. The lowest BCUT2D eigenvalue weighted by Crippen LogP contribution is -1.90. The molecule has 3 rings (SSSR count). The van der Waals surface area contributed by atoms with E-state index in [1.165, 1.54) is 30.0 Å². The molecule has 0 aliphatic carbocycles. The monoisotopic (exact) mass is 302 g/mol. The molecule has 0 fully saturated rings. The van der Waals surface area contributed by atoms with Crippen LogP contribution in [0.2, 0.25) is 0 Å². The number of aromatic hydroxyl groups is 1. The lowest BCUT2D eigenvalue weighted by Gasteiger charge is -2.02. The molecule has 1 N–H and O–H groups in total. The van der Waals surface area contributed by atoms with Crippen molar-refractivity contribution in [2.45, 2.75) is 11.0 Å². The van der Waals surface area contributed by atoms with Crippen LogP contribution in [0.25, 0.3) is 11.1 Å². The molecule has 0 radical (unpaired) electrons. The third-order valence-corrected chi connectivity index (χ3v) is 3.78. The van der Waals surface area contributed by atoms with Crippen molar-refractivity contribution in [3.63, 3.8) is 0 Å². The Balaban J connectivity index is 1.80. The van der Waals surface area contributed by atoms with E-state index in [9.17, 15) is 15.2 Å². The highest BCUT2D eigenvalue weighted by Gasteiger charge is 2.12. The second-order valence-electron chi connectivity index (χ2n) is 4.31. The van der Waals surface area contributed by atoms with Gasteiger partial charge in [0.25, 0.3) is 10.9 Å². The molecule has 0 atom stereocenters. The van der Waals surface area contributed by atoms with E-state index in [4.69, 9.17) is 4.42 Å². The van der Waals surface area contributed by atoms with Crippen LogP contribution in [0.5, 0.6) is 5.75 Å². The molecule has 106 valence electrons. The molecule has 1 aromatic heterocycles. The van der Waals surface area contributed by atoms with Crippen LogP contribution in [0.3, 0.4) is 0 Å². The number of phenols is 1. The predicted octanol–water partition coefficient (Wildman–Crippen LogP) is 3.73. The maximum atomic E-state index is 10.7. The van der Waals surface area contributed by atoms with E-state index in [1.54, 1.807) is 0 Å². The van der Waals surface area contributed by atoms with Crippen molar-refractivity contribution in [2.75, 3.05) is 0 Å². The van der Waals surface area contributed by atoms with Crippen LogP contribution < -0.4 is 0 Å². The summed E-state index contributed by atoms with van der Waals surface area (Å²) >= 11 is 1.27. The first-order valence-electron chi connectivity index (χ1n) is 6.08. The summed E-state index contributed by atoms with van der Waals surface area (Å²) in [6, 6.07) is 11.3. The fraction of sp³-hybridized carbons (Fsp3) is 0.0714. The van der Waals surface area contributed by atoms with E-state index < -0.39 is 4.92 Å². The highest BCUT2D eigenvalue weighted by atomic mass is 32.2. The van der Waals surface area contributed by atoms with Crippen LogP contribution >= 0.6 is 11.8 Å². The molecule has 21 heavy (non-hydrogen) atoms. The Morgan fingerprint density at radius 2 is 2.10 bits per heavy atom. The number of oxazole rings is 1. The van der Waals surface area contributed by atoms with E-state index in [2.05, 4.69) is 4.98 Å². The number of aromatic nitrogens is 1. The molecule has 0 amide bonds. The SMILES string of the molecule is O=[N+]([O-])c1ccc(O)c(CSc2nc3ccccc3o2)c1. The van der Waals surface area contributed by atoms with Crippen LogP contribution in [-0.2, 0) is 5.75 Å². The fourth-order valence-corrected chi connectivity index (χ4v) is 2.68. The van der Waals surface area contributed by atoms with Crippen molar-refractivity contribution in [3.05, 3.63) is 58.1 Å². The minimum Gasteiger partial charge on any atom is -0.508 e. The largest absolute Gasteiger partial charge is 0.508 e. The van der Waals surface area contributed by atoms with Crippen molar-refractivity contribution in [1.29, 1.82) is 0 Å².